The number of carboxylic acids is 1. The first-order valence-electron chi connectivity index (χ1n) is 7.91. The fourth-order valence-electron chi connectivity index (χ4n) is 3.03. The van der Waals surface area contributed by atoms with Crippen molar-refractivity contribution in [2.24, 2.45) is 5.92 Å². The zero-order valence-electron chi connectivity index (χ0n) is 13.3. The van der Waals surface area contributed by atoms with Crippen LogP contribution >= 0.6 is 0 Å². The van der Waals surface area contributed by atoms with E-state index in [1.165, 1.54) is 4.90 Å². The van der Waals surface area contributed by atoms with Crippen LogP contribution in [0.25, 0.3) is 0 Å². The highest BCUT2D eigenvalue weighted by Crippen LogP contribution is 2.18. The number of hydrogen-bond acceptors (Lipinski definition) is 4. The maximum Gasteiger partial charge on any atom is 0.308 e. The maximum atomic E-state index is 12.2. The van der Waals surface area contributed by atoms with E-state index in [0.717, 1.165) is 26.2 Å². The third-order valence-electron chi connectivity index (χ3n) is 4.56. The standard InChI is InChI=1S/C15H25N3O4/c1-11(2)16-5-7-17(8-6-16)13(19)3-4-18-10-12(15(21)22)9-14(18)20/h11-12H,3-10H2,1-2H3,(H,21,22)/t12-/m1/s1. The van der Waals surface area contributed by atoms with Crippen molar-refractivity contribution in [1.29, 1.82) is 0 Å². The Bertz CT molecular complexity index is 444. The summed E-state index contributed by atoms with van der Waals surface area (Å²) in [5.74, 6) is -1.68. The molecular formula is C15H25N3O4. The van der Waals surface area contributed by atoms with Gasteiger partial charge in [0.25, 0.3) is 0 Å². The molecule has 1 N–H and O–H groups in total. The molecule has 2 aliphatic heterocycles. The van der Waals surface area contributed by atoms with Crippen LogP contribution in [0.15, 0.2) is 0 Å². The molecule has 0 aromatic heterocycles. The molecule has 0 aromatic carbocycles. The molecule has 7 nitrogen and oxygen atoms in total. The van der Waals surface area contributed by atoms with Gasteiger partial charge in [-0.3, -0.25) is 19.3 Å². The van der Waals surface area contributed by atoms with Gasteiger partial charge in [0.2, 0.25) is 11.8 Å². The van der Waals surface area contributed by atoms with E-state index in [9.17, 15) is 14.4 Å². The predicted octanol–water partition coefficient (Wildman–Crippen LogP) is -0.138. The zero-order valence-corrected chi connectivity index (χ0v) is 13.3. The molecule has 0 radical (unpaired) electrons. The van der Waals surface area contributed by atoms with Gasteiger partial charge in [0, 0.05) is 58.2 Å². The van der Waals surface area contributed by atoms with Crippen molar-refractivity contribution in [2.45, 2.75) is 32.7 Å². The van der Waals surface area contributed by atoms with Crippen LogP contribution in [-0.2, 0) is 14.4 Å². The lowest BCUT2D eigenvalue weighted by Crippen LogP contribution is -2.51. The molecule has 1 atom stereocenters. The van der Waals surface area contributed by atoms with E-state index in [0.29, 0.717) is 12.6 Å². The Kier molecular flexibility index (Phi) is 5.39. The van der Waals surface area contributed by atoms with Crippen LogP contribution in [0.1, 0.15) is 26.7 Å². The zero-order chi connectivity index (χ0) is 16.3. The number of carbonyl (C=O) groups excluding carboxylic acids is 2. The minimum Gasteiger partial charge on any atom is -0.481 e. The van der Waals surface area contributed by atoms with Crippen LogP contribution in [0.5, 0.6) is 0 Å². The highest BCUT2D eigenvalue weighted by molar-refractivity contribution is 5.86. The van der Waals surface area contributed by atoms with E-state index in [4.69, 9.17) is 5.11 Å². The molecule has 2 aliphatic rings. The molecule has 7 heteroatoms. The minimum absolute atomic E-state index is 0.0509. The number of hydrogen-bond donors (Lipinski definition) is 1. The fraction of sp³-hybridized carbons (Fsp3) is 0.800. The van der Waals surface area contributed by atoms with Gasteiger partial charge in [-0.05, 0) is 13.8 Å². The third kappa shape index (κ3) is 3.97. The molecule has 0 bridgehead atoms. The quantitative estimate of drug-likeness (QED) is 0.764. The second-order valence-electron chi connectivity index (χ2n) is 6.34. The van der Waals surface area contributed by atoms with Gasteiger partial charge in [0.05, 0.1) is 5.92 Å². The number of rotatable bonds is 5. The first kappa shape index (κ1) is 16.7. The largest absolute Gasteiger partial charge is 0.481 e. The number of aliphatic carboxylic acids is 1. The summed E-state index contributed by atoms with van der Waals surface area (Å²) in [5, 5.41) is 8.94. The Morgan fingerprint density at radius 1 is 1.23 bits per heavy atom. The molecule has 124 valence electrons. The molecule has 0 aliphatic carbocycles. The minimum atomic E-state index is -0.938. The first-order valence-corrected chi connectivity index (χ1v) is 7.91. The fourth-order valence-corrected chi connectivity index (χ4v) is 3.03. The number of nitrogens with zero attached hydrogens (tertiary/aromatic N) is 3. The van der Waals surface area contributed by atoms with Gasteiger partial charge < -0.3 is 14.9 Å². The van der Waals surface area contributed by atoms with E-state index < -0.39 is 11.9 Å². The number of carboxylic acid groups (broad SMARTS) is 1. The van der Waals surface area contributed by atoms with E-state index in [1.54, 1.807) is 0 Å². The molecular weight excluding hydrogens is 286 g/mol. The van der Waals surface area contributed by atoms with Crippen LogP contribution in [0.3, 0.4) is 0 Å². The average molecular weight is 311 g/mol. The van der Waals surface area contributed by atoms with Crippen LogP contribution < -0.4 is 0 Å². The molecule has 2 fully saturated rings. The summed E-state index contributed by atoms with van der Waals surface area (Å²) in [4.78, 5) is 40.5. The Labute approximate surface area is 130 Å². The summed E-state index contributed by atoms with van der Waals surface area (Å²) in [7, 11) is 0. The number of amides is 2. The monoisotopic (exact) mass is 311 g/mol. The Hall–Kier alpha value is -1.63. The lowest BCUT2D eigenvalue weighted by molar-refractivity contribution is -0.141. The summed E-state index contributed by atoms with van der Waals surface area (Å²) in [6, 6.07) is 0.493. The lowest BCUT2D eigenvalue weighted by atomic mass is 10.1. The highest BCUT2D eigenvalue weighted by Gasteiger charge is 2.34. The van der Waals surface area contributed by atoms with Gasteiger partial charge in [-0.15, -0.1) is 0 Å². The average Bonchev–Trinajstić information content (AvgIpc) is 2.86. The van der Waals surface area contributed by atoms with Gasteiger partial charge >= 0.3 is 5.97 Å². The van der Waals surface area contributed by atoms with Crippen LogP contribution in [-0.4, -0.2) is 82.9 Å². The highest BCUT2D eigenvalue weighted by atomic mass is 16.4. The van der Waals surface area contributed by atoms with Crippen molar-refractivity contribution in [1.82, 2.24) is 14.7 Å². The van der Waals surface area contributed by atoms with Crippen LogP contribution in [0, 0.1) is 5.92 Å². The maximum absolute atomic E-state index is 12.2. The third-order valence-corrected chi connectivity index (χ3v) is 4.56. The molecule has 2 heterocycles. The van der Waals surface area contributed by atoms with Crippen molar-refractivity contribution in [3.8, 4) is 0 Å². The summed E-state index contributed by atoms with van der Waals surface area (Å²) in [6.45, 7) is 8.06. The van der Waals surface area contributed by atoms with E-state index in [1.807, 2.05) is 4.90 Å². The summed E-state index contributed by atoms with van der Waals surface area (Å²) in [6.07, 6.45) is 0.330. The van der Waals surface area contributed by atoms with Crippen molar-refractivity contribution in [3.05, 3.63) is 0 Å². The topological polar surface area (TPSA) is 81.2 Å². The number of likely N-dealkylation sites (tertiary alicyclic amines) is 1. The summed E-state index contributed by atoms with van der Waals surface area (Å²) < 4.78 is 0. The lowest BCUT2D eigenvalue weighted by Gasteiger charge is -2.37. The van der Waals surface area contributed by atoms with Crippen molar-refractivity contribution in [3.63, 3.8) is 0 Å². The van der Waals surface area contributed by atoms with Crippen molar-refractivity contribution >= 4 is 17.8 Å². The van der Waals surface area contributed by atoms with E-state index in [2.05, 4.69) is 18.7 Å². The van der Waals surface area contributed by atoms with Gasteiger partial charge in [-0.25, -0.2) is 0 Å². The second-order valence-corrected chi connectivity index (χ2v) is 6.34. The number of carbonyl (C=O) groups is 3. The molecule has 0 saturated carbocycles. The van der Waals surface area contributed by atoms with Gasteiger partial charge in [-0.1, -0.05) is 0 Å². The summed E-state index contributed by atoms with van der Waals surface area (Å²) >= 11 is 0. The predicted molar refractivity (Wildman–Crippen MR) is 80.2 cm³/mol. The Morgan fingerprint density at radius 2 is 1.86 bits per heavy atom. The van der Waals surface area contributed by atoms with E-state index >= 15 is 0 Å². The van der Waals surface area contributed by atoms with Crippen molar-refractivity contribution in [2.75, 3.05) is 39.3 Å². The van der Waals surface area contributed by atoms with E-state index in [-0.39, 0.29) is 31.2 Å². The smallest absolute Gasteiger partial charge is 0.308 e. The molecule has 0 unspecified atom stereocenters. The second kappa shape index (κ2) is 7.09. The van der Waals surface area contributed by atoms with Crippen LogP contribution in [0.2, 0.25) is 0 Å². The van der Waals surface area contributed by atoms with Crippen molar-refractivity contribution < 1.29 is 19.5 Å². The molecule has 2 rings (SSSR count). The number of piperazine rings is 1. The molecule has 0 spiro atoms. The normalized spacial score (nSPS) is 23.4. The first-order chi connectivity index (χ1) is 10.4. The van der Waals surface area contributed by atoms with Gasteiger partial charge in [0.1, 0.15) is 0 Å². The Morgan fingerprint density at radius 3 is 2.36 bits per heavy atom. The van der Waals surface area contributed by atoms with Crippen LogP contribution in [0.4, 0.5) is 0 Å². The van der Waals surface area contributed by atoms with Gasteiger partial charge in [-0.2, -0.15) is 0 Å². The summed E-state index contributed by atoms with van der Waals surface area (Å²) in [5.41, 5.74) is 0. The Balaban J connectivity index is 1.74. The molecule has 0 aromatic rings. The molecule has 2 amide bonds. The molecule has 22 heavy (non-hydrogen) atoms. The van der Waals surface area contributed by atoms with Gasteiger partial charge in [0.15, 0.2) is 0 Å². The molecule has 2 saturated heterocycles. The SMILES string of the molecule is CC(C)N1CCN(C(=O)CCN2C[C@H](C(=O)O)CC2=O)CC1.